The molecule has 0 bridgehead atoms. The summed E-state index contributed by atoms with van der Waals surface area (Å²) in [4.78, 5) is 24.0. The lowest BCUT2D eigenvalue weighted by atomic mass is 10.0. The topological polar surface area (TPSA) is 63.6 Å². The Kier molecular flexibility index (Phi) is 5.94. The quantitative estimate of drug-likeness (QED) is 0.231. The lowest BCUT2D eigenvalue weighted by Gasteiger charge is -2.10. The van der Waals surface area contributed by atoms with Crippen molar-refractivity contribution in [2.24, 2.45) is 0 Å². The number of benzene rings is 4. The first-order chi connectivity index (χ1) is 16.4. The Labute approximate surface area is 208 Å². The minimum absolute atomic E-state index is 0.0474. The van der Waals surface area contributed by atoms with Gasteiger partial charge in [-0.15, -0.1) is 11.3 Å². The highest BCUT2D eigenvalue weighted by Crippen LogP contribution is 2.41. The number of thiophene rings is 1. The van der Waals surface area contributed by atoms with Crippen LogP contribution >= 0.6 is 27.3 Å². The number of hydrogen-bond acceptors (Lipinski definition) is 4. The molecule has 4 aromatic rings. The zero-order chi connectivity index (χ0) is 23.8. The fraction of sp³-hybridized carbons (Fsp3) is 0.0714. The van der Waals surface area contributed by atoms with E-state index in [0.717, 1.165) is 36.9 Å². The van der Waals surface area contributed by atoms with Crippen molar-refractivity contribution in [2.45, 2.75) is 6.92 Å². The van der Waals surface area contributed by atoms with Crippen molar-refractivity contribution >= 4 is 59.9 Å². The summed E-state index contributed by atoms with van der Waals surface area (Å²) in [5.74, 6) is -0.496. The van der Waals surface area contributed by atoms with Crippen LogP contribution in [0.25, 0.3) is 42.4 Å². The molecule has 6 heteroatoms. The summed E-state index contributed by atoms with van der Waals surface area (Å²) < 4.78 is 7.12. The van der Waals surface area contributed by atoms with Crippen molar-refractivity contribution in [1.29, 1.82) is 0 Å². The lowest BCUT2D eigenvalue weighted by molar-refractivity contribution is -0.139. The van der Waals surface area contributed by atoms with E-state index in [1.165, 1.54) is 11.1 Å². The maximum absolute atomic E-state index is 12.3. The third-order valence-corrected chi connectivity index (χ3v) is 7.63. The summed E-state index contributed by atoms with van der Waals surface area (Å²) in [6, 6.07) is 26.0. The molecule has 2 aliphatic rings. The van der Waals surface area contributed by atoms with Crippen molar-refractivity contribution in [3.05, 3.63) is 88.9 Å². The largest absolute Gasteiger partial charge is 0.481 e. The molecule has 3 aromatic carbocycles. The van der Waals surface area contributed by atoms with Gasteiger partial charge in [-0.25, -0.2) is 4.79 Å². The van der Waals surface area contributed by atoms with Gasteiger partial charge in [0, 0.05) is 20.5 Å². The molecule has 0 unspecified atom stereocenters. The van der Waals surface area contributed by atoms with Crippen LogP contribution in [-0.2, 0) is 4.79 Å². The second-order valence-corrected chi connectivity index (χ2v) is 9.78. The SMILES string of the molecule is CC(=O)c1c(-c2ccc3c(Br)c(OCC(=O)O)ccc3c2)sc2ccccc12.c1cc2cc-2c1. The minimum Gasteiger partial charge on any atom is -0.481 e. The summed E-state index contributed by atoms with van der Waals surface area (Å²) >= 11 is 5.12. The summed E-state index contributed by atoms with van der Waals surface area (Å²) in [7, 11) is 0. The highest BCUT2D eigenvalue weighted by molar-refractivity contribution is 9.10. The number of carbonyl (C=O) groups is 2. The number of carbonyl (C=O) groups excluding carboxylic acids is 1. The lowest BCUT2D eigenvalue weighted by Crippen LogP contribution is -2.09. The third-order valence-electron chi connectivity index (χ3n) is 5.59. The highest BCUT2D eigenvalue weighted by Gasteiger charge is 2.18. The van der Waals surface area contributed by atoms with Gasteiger partial charge in [0.05, 0.1) is 4.47 Å². The molecule has 0 atom stereocenters. The Balaban J connectivity index is 0.000000343. The second-order valence-electron chi connectivity index (χ2n) is 7.94. The van der Waals surface area contributed by atoms with E-state index in [0.29, 0.717) is 10.2 Å². The Morgan fingerprint density at radius 1 is 0.882 bits per heavy atom. The minimum atomic E-state index is -1.02. The molecule has 0 saturated carbocycles. The average Bonchev–Trinajstić information content (AvgIpc) is 3.24. The van der Waals surface area contributed by atoms with Gasteiger partial charge in [-0.05, 0) is 74.6 Å². The molecule has 0 saturated heterocycles. The summed E-state index contributed by atoms with van der Waals surface area (Å²) in [5, 5.41) is 11.7. The van der Waals surface area contributed by atoms with Crippen molar-refractivity contribution in [2.75, 3.05) is 6.61 Å². The van der Waals surface area contributed by atoms with Crippen molar-refractivity contribution in [1.82, 2.24) is 0 Å². The molecule has 0 fully saturated rings. The van der Waals surface area contributed by atoms with E-state index >= 15 is 0 Å². The van der Waals surface area contributed by atoms with Crippen LogP contribution in [0.15, 0.2) is 83.3 Å². The second kappa shape index (κ2) is 9.05. The van der Waals surface area contributed by atoms with Crippen LogP contribution in [0, 0.1) is 0 Å². The van der Waals surface area contributed by atoms with Crippen molar-refractivity contribution in [3.63, 3.8) is 0 Å². The van der Waals surface area contributed by atoms with E-state index in [-0.39, 0.29) is 5.78 Å². The van der Waals surface area contributed by atoms with Crippen LogP contribution in [-0.4, -0.2) is 23.5 Å². The molecule has 2 aliphatic carbocycles. The number of Topliss-reactive ketones (excluding diaryl/α,β-unsaturated/α-hetero) is 1. The van der Waals surface area contributed by atoms with E-state index in [1.54, 1.807) is 24.3 Å². The zero-order valence-electron chi connectivity index (χ0n) is 18.2. The molecule has 0 radical (unpaired) electrons. The molecular formula is C28H19BrO4S. The highest BCUT2D eigenvalue weighted by atomic mass is 79.9. The Morgan fingerprint density at radius 3 is 2.29 bits per heavy atom. The van der Waals surface area contributed by atoms with Crippen molar-refractivity contribution < 1.29 is 19.4 Å². The van der Waals surface area contributed by atoms with Gasteiger partial charge >= 0.3 is 5.97 Å². The van der Waals surface area contributed by atoms with Crippen LogP contribution in [0.2, 0.25) is 0 Å². The molecule has 0 spiro atoms. The normalized spacial score (nSPS) is 11.1. The number of hydrogen-bond donors (Lipinski definition) is 1. The van der Waals surface area contributed by atoms with Gasteiger partial charge in [0.1, 0.15) is 5.75 Å². The fourth-order valence-electron chi connectivity index (χ4n) is 3.94. The number of ketones is 1. The average molecular weight is 531 g/mol. The van der Waals surface area contributed by atoms with Crippen LogP contribution in [0.5, 0.6) is 5.75 Å². The first kappa shape index (κ1) is 22.3. The van der Waals surface area contributed by atoms with Crippen LogP contribution in [0.4, 0.5) is 0 Å². The molecule has 4 nitrogen and oxygen atoms in total. The van der Waals surface area contributed by atoms with E-state index in [1.807, 2.05) is 48.5 Å². The van der Waals surface area contributed by atoms with E-state index < -0.39 is 12.6 Å². The van der Waals surface area contributed by atoms with Crippen LogP contribution in [0.3, 0.4) is 0 Å². The van der Waals surface area contributed by atoms with E-state index in [2.05, 4.69) is 40.2 Å². The molecule has 1 N–H and O–H groups in total. The fourth-order valence-corrected chi connectivity index (χ4v) is 5.79. The van der Waals surface area contributed by atoms with Gasteiger partial charge in [0.15, 0.2) is 12.4 Å². The predicted octanol–water partition coefficient (Wildman–Crippen LogP) is 7.82. The molecule has 1 aromatic heterocycles. The van der Waals surface area contributed by atoms with Gasteiger partial charge in [-0.3, -0.25) is 4.79 Å². The van der Waals surface area contributed by atoms with Crippen molar-refractivity contribution in [3.8, 4) is 27.3 Å². The van der Waals surface area contributed by atoms with Gasteiger partial charge in [-0.2, -0.15) is 0 Å². The first-order valence-corrected chi connectivity index (χ1v) is 12.2. The zero-order valence-corrected chi connectivity index (χ0v) is 20.6. The van der Waals surface area contributed by atoms with Gasteiger partial charge in [0.2, 0.25) is 0 Å². The summed E-state index contributed by atoms with van der Waals surface area (Å²) in [5.41, 5.74) is 4.58. The molecule has 168 valence electrons. The first-order valence-electron chi connectivity index (χ1n) is 10.6. The summed E-state index contributed by atoms with van der Waals surface area (Å²) in [6.07, 6.45) is 0. The Hall–Kier alpha value is -3.48. The molecule has 6 rings (SSSR count). The van der Waals surface area contributed by atoms with Gasteiger partial charge in [0.25, 0.3) is 0 Å². The molecule has 34 heavy (non-hydrogen) atoms. The van der Waals surface area contributed by atoms with Gasteiger partial charge < -0.3 is 9.84 Å². The Bertz CT molecular complexity index is 1570. The standard InChI is InChI=1S/C22H15BrO4S.C6H4/c1-12(24)20-16-4-2-3-5-18(16)28-22(20)14-6-8-15-13(10-14)7-9-17(21(15)23)27-11-19(25)26;1-2-5-4-6(5)3-1/h2-10H,11H2,1H3,(H,25,26);1-4H. The molecule has 0 amide bonds. The molecule has 1 heterocycles. The third kappa shape index (κ3) is 4.34. The maximum Gasteiger partial charge on any atom is 0.341 e. The number of carboxylic acids is 1. The monoisotopic (exact) mass is 530 g/mol. The maximum atomic E-state index is 12.3. The number of aliphatic carboxylic acids is 1. The number of ether oxygens (including phenoxy) is 1. The van der Waals surface area contributed by atoms with E-state index in [9.17, 15) is 9.59 Å². The Morgan fingerprint density at radius 2 is 1.65 bits per heavy atom. The summed E-state index contributed by atoms with van der Waals surface area (Å²) in [6.45, 7) is 1.20. The molecule has 0 aliphatic heterocycles. The smallest absolute Gasteiger partial charge is 0.341 e. The number of halogens is 1. The molecular weight excluding hydrogens is 512 g/mol. The van der Waals surface area contributed by atoms with Gasteiger partial charge in [-0.1, -0.05) is 54.6 Å². The predicted molar refractivity (Wildman–Crippen MR) is 141 cm³/mol. The number of carboxylic acid groups (broad SMARTS) is 1. The number of rotatable bonds is 5. The van der Waals surface area contributed by atoms with Crippen LogP contribution in [0.1, 0.15) is 17.3 Å². The van der Waals surface area contributed by atoms with Crippen LogP contribution < -0.4 is 4.74 Å². The number of fused-ring (bicyclic) bond motifs is 3. The van der Waals surface area contributed by atoms with E-state index in [4.69, 9.17) is 9.84 Å².